The fourth-order valence-electron chi connectivity index (χ4n) is 1.59. The number of aromatic amines is 1. The van der Waals surface area contributed by atoms with E-state index in [9.17, 15) is 4.79 Å². The number of benzene rings is 1. The zero-order valence-electron chi connectivity index (χ0n) is 8.81. The van der Waals surface area contributed by atoms with Crippen LogP contribution >= 0.6 is 0 Å². The van der Waals surface area contributed by atoms with Crippen molar-refractivity contribution in [2.24, 2.45) is 0 Å². The first-order valence-electron chi connectivity index (χ1n) is 5.20. The van der Waals surface area contributed by atoms with Crippen LogP contribution in [0.25, 0.3) is 17.0 Å². The molecule has 1 aromatic carbocycles. The third-order valence-corrected chi connectivity index (χ3v) is 2.39. The van der Waals surface area contributed by atoms with Gasteiger partial charge >= 0.3 is 0 Å². The maximum absolute atomic E-state index is 11.5. The van der Waals surface area contributed by atoms with Crippen molar-refractivity contribution in [2.75, 3.05) is 6.61 Å². The van der Waals surface area contributed by atoms with E-state index in [1.807, 2.05) is 30.4 Å². The number of aromatic nitrogens is 1. The Labute approximate surface area is 93.1 Å². The molecule has 0 aliphatic carbocycles. The van der Waals surface area contributed by atoms with Crippen molar-refractivity contribution in [3.63, 3.8) is 0 Å². The lowest BCUT2D eigenvalue weighted by Gasteiger charge is -1.98. The maximum Gasteiger partial charge on any atom is 0.189 e. The molecule has 0 aliphatic heterocycles. The Morgan fingerprint density at radius 3 is 3.00 bits per heavy atom. The number of aliphatic hydroxyl groups excluding tert-OH is 1. The summed E-state index contributed by atoms with van der Waals surface area (Å²) >= 11 is 0. The maximum atomic E-state index is 11.5. The van der Waals surface area contributed by atoms with Crippen LogP contribution in [-0.4, -0.2) is 16.7 Å². The molecule has 0 spiro atoms. The number of aliphatic hydroxyl groups is 1. The Kier molecular flexibility index (Phi) is 3.17. The predicted octanol–water partition coefficient (Wildman–Crippen LogP) is 1.92. The van der Waals surface area contributed by atoms with E-state index in [1.54, 1.807) is 6.20 Å². The molecular formula is C13H13NO2. The number of hydrogen-bond donors (Lipinski definition) is 2. The molecule has 0 saturated heterocycles. The minimum atomic E-state index is 0.0274. The first-order chi connectivity index (χ1) is 7.81. The molecule has 0 bridgehead atoms. The zero-order chi connectivity index (χ0) is 11.4. The van der Waals surface area contributed by atoms with Crippen molar-refractivity contribution < 1.29 is 5.11 Å². The van der Waals surface area contributed by atoms with Gasteiger partial charge in [-0.25, -0.2) is 0 Å². The molecule has 1 aromatic heterocycles. The monoisotopic (exact) mass is 215 g/mol. The van der Waals surface area contributed by atoms with Gasteiger partial charge in [0.15, 0.2) is 5.43 Å². The van der Waals surface area contributed by atoms with Crippen LogP contribution in [0.3, 0.4) is 0 Å². The molecule has 3 heteroatoms. The van der Waals surface area contributed by atoms with E-state index in [-0.39, 0.29) is 12.0 Å². The van der Waals surface area contributed by atoms with Crippen LogP contribution < -0.4 is 5.43 Å². The van der Waals surface area contributed by atoms with E-state index >= 15 is 0 Å². The van der Waals surface area contributed by atoms with Crippen LogP contribution in [0.2, 0.25) is 0 Å². The van der Waals surface area contributed by atoms with Gasteiger partial charge in [0.25, 0.3) is 0 Å². The molecule has 0 fully saturated rings. The Morgan fingerprint density at radius 2 is 2.19 bits per heavy atom. The molecular weight excluding hydrogens is 202 g/mol. The fourth-order valence-corrected chi connectivity index (χ4v) is 1.59. The lowest BCUT2D eigenvalue weighted by atomic mass is 10.1. The lowest BCUT2D eigenvalue weighted by Crippen LogP contribution is -1.99. The second-order valence-corrected chi connectivity index (χ2v) is 3.56. The molecule has 0 unspecified atom stereocenters. The highest BCUT2D eigenvalue weighted by Crippen LogP contribution is 2.11. The molecule has 1 heterocycles. The standard InChI is InChI=1S/C13H13NO2/c15-8-2-1-3-10-4-5-11-12(9-10)14-7-6-13(11)16/h1,3-7,9,15H,2,8H2,(H,14,16). The van der Waals surface area contributed by atoms with Crippen molar-refractivity contribution in [1.29, 1.82) is 0 Å². The van der Waals surface area contributed by atoms with Crippen molar-refractivity contribution >= 4 is 17.0 Å². The third-order valence-electron chi connectivity index (χ3n) is 2.39. The Bertz CT molecular complexity index is 569. The van der Waals surface area contributed by atoms with Gasteiger partial charge in [-0.05, 0) is 24.1 Å². The average Bonchev–Trinajstić information content (AvgIpc) is 2.30. The van der Waals surface area contributed by atoms with E-state index in [0.29, 0.717) is 11.8 Å². The van der Waals surface area contributed by atoms with Crippen molar-refractivity contribution in [3.05, 3.63) is 52.3 Å². The fraction of sp³-hybridized carbons (Fsp3) is 0.154. The highest BCUT2D eigenvalue weighted by molar-refractivity contribution is 5.80. The first-order valence-corrected chi connectivity index (χ1v) is 5.20. The average molecular weight is 215 g/mol. The van der Waals surface area contributed by atoms with E-state index in [0.717, 1.165) is 11.1 Å². The van der Waals surface area contributed by atoms with Crippen LogP contribution in [0.5, 0.6) is 0 Å². The summed E-state index contributed by atoms with van der Waals surface area (Å²) < 4.78 is 0. The summed E-state index contributed by atoms with van der Waals surface area (Å²) in [6, 6.07) is 7.15. The van der Waals surface area contributed by atoms with E-state index < -0.39 is 0 Å². The number of H-pyrrole nitrogens is 1. The lowest BCUT2D eigenvalue weighted by molar-refractivity contribution is 0.303. The van der Waals surface area contributed by atoms with Gasteiger partial charge in [-0.15, -0.1) is 0 Å². The molecule has 82 valence electrons. The van der Waals surface area contributed by atoms with Gasteiger partial charge < -0.3 is 10.1 Å². The van der Waals surface area contributed by atoms with Crippen LogP contribution in [0.1, 0.15) is 12.0 Å². The van der Waals surface area contributed by atoms with Gasteiger partial charge in [-0.2, -0.15) is 0 Å². The number of nitrogens with one attached hydrogen (secondary N) is 1. The first kappa shape index (κ1) is 10.6. The number of pyridine rings is 1. The van der Waals surface area contributed by atoms with Gasteiger partial charge in [-0.1, -0.05) is 18.2 Å². The summed E-state index contributed by atoms with van der Waals surface area (Å²) in [6.45, 7) is 0.154. The Morgan fingerprint density at radius 1 is 1.31 bits per heavy atom. The Hall–Kier alpha value is -1.87. The van der Waals surface area contributed by atoms with Gasteiger partial charge in [0.2, 0.25) is 0 Å². The summed E-state index contributed by atoms with van der Waals surface area (Å²) in [5.74, 6) is 0. The van der Waals surface area contributed by atoms with Crippen LogP contribution in [0.15, 0.2) is 41.3 Å². The summed E-state index contributed by atoms with van der Waals surface area (Å²) in [5, 5.41) is 9.35. The van der Waals surface area contributed by atoms with E-state index in [2.05, 4.69) is 4.98 Å². The molecule has 0 atom stereocenters. The number of hydrogen-bond acceptors (Lipinski definition) is 2. The van der Waals surface area contributed by atoms with Crippen molar-refractivity contribution in [1.82, 2.24) is 4.98 Å². The van der Waals surface area contributed by atoms with Gasteiger partial charge in [-0.3, -0.25) is 4.79 Å². The summed E-state index contributed by atoms with van der Waals surface area (Å²) in [5.41, 5.74) is 1.88. The van der Waals surface area contributed by atoms with Gasteiger partial charge in [0.1, 0.15) is 0 Å². The summed E-state index contributed by atoms with van der Waals surface area (Å²) in [7, 11) is 0. The van der Waals surface area contributed by atoms with Crippen molar-refractivity contribution in [2.45, 2.75) is 6.42 Å². The van der Waals surface area contributed by atoms with Crippen molar-refractivity contribution in [3.8, 4) is 0 Å². The van der Waals surface area contributed by atoms with Gasteiger partial charge in [0.05, 0.1) is 0 Å². The molecule has 0 saturated carbocycles. The summed E-state index contributed by atoms with van der Waals surface area (Å²) in [6.07, 6.45) is 6.12. The quantitative estimate of drug-likeness (QED) is 0.821. The largest absolute Gasteiger partial charge is 0.396 e. The van der Waals surface area contributed by atoms with Crippen LogP contribution in [0.4, 0.5) is 0 Å². The SMILES string of the molecule is O=c1cc[nH]c2cc(C=CCCO)ccc12. The van der Waals surface area contributed by atoms with Crippen LogP contribution in [-0.2, 0) is 0 Å². The number of rotatable bonds is 3. The topological polar surface area (TPSA) is 53.1 Å². The zero-order valence-corrected chi connectivity index (χ0v) is 8.81. The molecule has 0 aliphatic rings. The van der Waals surface area contributed by atoms with Gasteiger partial charge in [0, 0.05) is 29.8 Å². The predicted molar refractivity (Wildman–Crippen MR) is 65.3 cm³/mol. The Balaban J connectivity index is 2.41. The molecule has 2 aromatic rings. The minimum absolute atomic E-state index is 0.0274. The second-order valence-electron chi connectivity index (χ2n) is 3.56. The summed E-state index contributed by atoms with van der Waals surface area (Å²) in [4.78, 5) is 14.5. The van der Waals surface area contributed by atoms with E-state index in [4.69, 9.17) is 5.11 Å². The third kappa shape index (κ3) is 2.20. The normalized spacial score (nSPS) is 11.3. The smallest absolute Gasteiger partial charge is 0.189 e. The highest BCUT2D eigenvalue weighted by Gasteiger charge is 1.97. The highest BCUT2D eigenvalue weighted by atomic mass is 16.2. The number of fused-ring (bicyclic) bond motifs is 1. The molecule has 16 heavy (non-hydrogen) atoms. The second kappa shape index (κ2) is 4.77. The molecule has 0 radical (unpaired) electrons. The minimum Gasteiger partial charge on any atom is -0.396 e. The molecule has 2 N–H and O–H groups in total. The van der Waals surface area contributed by atoms with E-state index in [1.165, 1.54) is 6.07 Å². The molecule has 2 rings (SSSR count). The molecule has 0 amide bonds. The van der Waals surface area contributed by atoms with Crippen LogP contribution in [0, 0.1) is 0 Å². The molecule has 3 nitrogen and oxygen atoms in total.